The van der Waals surface area contributed by atoms with Crippen LogP contribution in [0.3, 0.4) is 0 Å². The second kappa shape index (κ2) is 4.42. The predicted molar refractivity (Wildman–Crippen MR) is 55.8 cm³/mol. The van der Waals surface area contributed by atoms with Crippen molar-refractivity contribution in [3.8, 4) is 0 Å². The molecule has 3 heteroatoms. The second-order valence-corrected chi connectivity index (χ2v) is 9.07. The summed E-state index contributed by atoms with van der Waals surface area (Å²) in [6.45, 7) is 12.8. The molecule has 1 aliphatic rings. The summed E-state index contributed by atoms with van der Waals surface area (Å²) >= 11 is 0. The Morgan fingerprint density at radius 2 is 2.00 bits per heavy atom. The van der Waals surface area contributed by atoms with Crippen LogP contribution in [0.4, 0.5) is 0 Å². The van der Waals surface area contributed by atoms with E-state index >= 15 is 0 Å². The molecule has 0 bridgehead atoms. The van der Waals surface area contributed by atoms with Gasteiger partial charge in [0.25, 0.3) is 0 Å². The van der Waals surface area contributed by atoms with Crippen LogP contribution in [0, 0.1) is 5.92 Å². The number of hydrogen-bond donors (Lipinski definition) is 0. The van der Waals surface area contributed by atoms with Crippen molar-refractivity contribution in [2.75, 3.05) is 0 Å². The fourth-order valence-electron chi connectivity index (χ4n) is 2.09. The van der Waals surface area contributed by atoms with Crippen molar-refractivity contribution in [2.24, 2.45) is 5.92 Å². The Labute approximate surface area is 97.3 Å². The molecule has 1 aliphatic heterocycles. The zero-order valence-electron chi connectivity index (χ0n) is 9.00. The quantitative estimate of drug-likeness (QED) is 0.502. The van der Waals surface area contributed by atoms with Gasteiger partial charge in [-0.15, -0.1) is 6.58 Å². The van der Waals surface area contributed by atoms with E-state index < -0.39 is 8.32 Å². The van der Waals surface area contributed by atoms with Gasteiger partial charge in [0.15, 0.2) is 8.32 Å². The molecule has 1 fully saturated rings. The Bertz CT molecular complexity index is 189. The molecular formula is C10H20OPtSi. The molecule has 0 aromatic heterocycles. The third-order valence-electron chi connectivity index (χ3n) is 2.77. The molecule has 0 saturated carbocycles. The zero-order valence-corrected chi connectivity index (χ0v) is 12.3. The van der Waals surface area contributed by atoms with Gasteiger partial charge in [-0.05, 0) is 39.4 Å². The van der Waals surface area contributed by atoms with Gasteiger partial charge in [0, 0.05) is 27.0 Å². The average Bonchev–Trinajstić information content (AvgIpc) is 1.83. The third-order valence-corrected chi connectivity index (χ3v) is 5.35. The molecule has 0 aromatic rings. The Morgan fingerprint density at radius 3 is 2.38 bits per heavy atom. The molecule has 1 heterocycles. The number of hydrogen-bond acceptors (Lipinski definition) is 1. The van der Waals surface area contributed by atoms with E-state index in [0.717, 1.165) is 0 Å². The van der Waals surface area contributed by atoms with Crippen LogP contribution in [0.2, 0.25) is 19.1 Å². The van der Waals surface area contributed by atoms with Crippen LogP contribution in [0.25, 0.3) is 0 Å². The summed E-state index contributed by atoms with van der Waals surface area (Å²) in [5.41, 5.74) is 0.0235. The minimum atomic E-state index is -1.33. The summed E-state index contributed by atoms with van der Waals surface area (Å²) in [6.07, 6.45) is 3.30. The van der Waals surface area contributed by atoms with E-state index in [2.05, 4.69) is 33.5 Å². The summed E-state index contributed by atoms with van der Waals surface area (Å²) in [5.74, 6) is 0.540. The van der Waals surface area contributed by atoms with Crippen molar-refractivity contribution >= 4 is 8.32 Å². The molecule has 1 atom stereocenters. The summed E-state index contributed by atoms with van der Waals surface area (Å²) in [4.78, 5) is 0. The standard InChI is InChI=1S/C10H20OSi.Pt/c1-6-9-7-8-12(4,5)11-10(9,2)3;/h6,9H,1,7-8H2,2-5H3;. The van der Waals surface area contributed by atoms with Gasteiger partial charge in [-0.1, -0.05) is 6.08 Å². The van der Waals surface area contributed by atoms with Gasteiger partial charge in [-0.25, -0.2) is 0 Å². The van der Waals surface area contributed by atoms with Gasteiger partial charge in [0.05, 0.1) is 5.60 Å². The van der Waals surface area contributed by atoms with Crippen molar-refractivity contribution in [3.05, 3.63) is 12.7 Å². The SMILES string of the molecule is C=CC1CC[Si](C)(C)OC1(C)C.[Pt]. The maximum atomic E-state index is 6.13. The van der Waals surface area contributed by atoms with Crippen molar-refractivity contribution in [3.63, 3.8) is 0 Å². The molecule has 1 rings (SSSR count). The van der Waals surface area contributed by atoms with Crippen LogP contribution in [-0.4, -0.2) is 13.9 Å². The monoisotopic (exact) mass is 379 g/mol. The first-order chi connectivity index (χ1) is 5.37. The molecule has 13 heavy (non-hydrogen) atoms. The molecule has 1 nitrogen and oxygen atoms in total. The summed E-state index contributed by atoms with van der Waals surface area (Å²) in [5, 5.41) is 0. The van der Waals surface area contributed by atoms with Gasteiger partial charge in [0.1, 0.15) is 0 Å². The van der Waals surface area contributed by atoms with Gasteiger partial charge < -0.3 is 4.43 Å². The van der Waals surface area contributed by atoms with Crippen molar-refractivity contribution < 1.29 is 25.5 Å². The maximum Gasteiger partial charge on any atom is 0.187 e. The normalized spacial score (nSPS) is 30.3. The van der Waals surface area contributed by atoms with Gasteiger partial charge in [-0.3, -0.25) is 0 Å². The molecular weight excluding hydrogens is 359 g/mol. The van der Waals surface area contributed by atoms with Crippen LogP contribution >= 0.6 is 0 Å². The van der Waals surface area contributed by atoms with E-state index in [9.17, 15) is 0 Å². The first kappa shape index (κ1) is 13.6. The van der Waals surface area contributed by atoms with Crippen molar-refractivity contribution in [2.45, 2.75) is 45.0 Å². The van der Waals surface area contributed by atoms with Crippen LogP contribution in [0.1, 0.15) is 20.3 Å². The molecule has 0 aromatic carbocycles. The van der Waals surface area contributed by atoms with E-state index in [0.29, 0.717) is 5.92 Å². The molecule has 80 valence electrons. The molecule has 1 unspecified atom stereocenters. The van der Waals surface area contributed by atoms with E-state index in [1.807, 2.05) is 6.08 Å². The molecule has 1 saturated heterocycles. The average molecular weight is 379 g/mol. The van der Waals surface area contributed by atoms with Gasteiger partial charge >= 0.3 is 0 Å². The summed E-state index contributed by atoms with van der Waals surface area (Å²) < 4.78 is 6.13. The van der Waals surface area contributed by atoms with E-state index in [4.69, 9.17) is 4.43 Å². The smallest absolute Gasteiger partial charge is 0.187 e. The van der Waals surface area contributed by atoms with Crippen LogP contribution < -0.4 is 0 Å². The van der Waals surface area contributed by atoms with E-state index in [1.54, 1.807) is 0 Å². The predicted octanol–water partition coefficient (Wildman–Crippen LogP) is 3.19. The second-order valence-electron chi connectivity index (χ2n) is 4.85. The molecule has 0 spiro atoms. The van der Waals surface area contributed by atoms with E-state index in [-0.39, 0.29) is 26.7 Å². The Balaban J connectivity index is 0.00000144. The summed E-state index contributed by atoms with van der Waals surface area (Å²) in [6, 6.07) is 1.27. The van der Waals surface area contributed by atoms with Gasteiger partial charge in [0.2, 0.25) is 0 Å². The van der Waals surface area contributed by atoms with Crippen LogP contribution in [-0.2, 0) is 25.5 Å². The fourth-order valence-corrected chi connectivity index (χ4v) is 4.78. The largest absolute Gasteiger partial charge is 0.412 e. The van der Waals surface area contributed by atoms with E-state index in [1.165, 1.54) is 12.5 Å². The number of rotatable bonds is 1. The topological polar surface area (TPSA) is 9.23 Å². The van der Waals surface area contributed by atoms with Crippen molar-refractivity contribution in [1.82, 2.24) is 0 Å². The first-order valence-electron chi connectivity index (χ1n) is 4.70. The molecule has 0 amide bonds. The Morgan fingerprint density at radius 1 is 1.46 bits per heavy atom. The third kappa shape index (κ3) is 3.34. The summed E-state index contributed by atoms with van der Waals surface area (Å²) in [7, 11) is -1.33. The van der Waals surface area contributed by atoms with Crippen LogP contribution in [0.5, 0.6) is 0 Å². The van der Waals surface area contributed by atoms with Gasteiger partial charge in [-0.2, -0.15) is 0 Å². The first-order valence-corrected chi connectivity index (χ1v) is 7.82. The molecule has 0 aliphatic carbocycles. The molecule has 0 N–H and O–H groups in total. The minimum Gasteiger partial charge on any atom is -0.412 e. The zero-order chi connectivity index (χ0) is 9.41. The van der Waals surface area contributed by atoms with Crippen LogP contribution in [0.15, 0.2) is 12.7 Å². The fraction of sp³-hybridized carbons (Fsp3) is 0.800. The Hall–Kier alpha value is 0.605. The van der Waals surface area contributed by atoms with Crippen molar-refractivity contribution in [1.29, 1.82) is 0 Å². The Kier molecular flexibility index (Phi) is 4.62. The minimum absolute atomic E-state index is 0. The maximum absolute atomic E-state index is 6.13. The molecule has 0 radical (unpaired) electrons.